The molecule has 2 amide bonds. The topological polar surface area (TPSA) is 58.2 Å². The Morgan fingerprint density at radius 2 is 1.56 bits per heavy atom. The Hall–Kier alpha value is -2.27. The molecule has 0 unspecified atom stereocenters. The predicted octanol–water partition coefficient (Wildman–Crippen LogP) is 3.29. The number of hydrogen-bond donors (Lipinski definition) is 2. The van der Waals surface area contributed by atoms with Crippen molar-refractivity contribution in [3.05, 3.63) is 70.8 Å². The number of carbonyl (C=O) groups excluding carboxylic acids is 2. The number of benzene rings is 2. The molecule has 0 atom stereocenters. The van der Waals surface area contributed by atoms with Gasteiger partial charge in [0.05, 0.1) is 0 Å². The summed E-state index contributed by atoms with van der Waals surface area (Å²) in [6.45, 7) is 4.69. The molecule has 0 radical (unpaired) electrons. The van der Waals surface area contributed by atoms with Crippen LogP contribution in [0.5, 0.6) is 0 Å². The second kappa shape index (κ2) is 9.89. The lowest BCUT2D eigenvalue weighted by Gasteiger charge is -2.07. The fraction of sp³-hybridized carbons (Fsp3) is 0.300. The fourth-order valence-corrected chi connectivity index (χ4v) is 3.03. The molecule has 0 saturated heterocycles. The number of aryl methyl sites for hydroxylation is 1. The van der Waals surface area contributed by atoms with Crippen LogP contribution in [0.1, 0.15) is 34.0 Å². The van der Waals surface area contributed by atoms with Crippen molar-refractivity contribution in [1.82, 2.24) is 10.6 Å². The lowest BCUT2D eigenvalue weighted by molar-refractivity contribution is -0.119. The molecule has 0 heterocycles. The highest BCUT2D eigenvalue weighted by atomic mass is 32.2. The molecule has 25 heavy (non-hydrogen) atoms. The molecule has 2 N–H and O–H groups in total. The lowest BCUT2D eigenvalue weighted by Crippen LogP contribution is -2.25. The van der Waals surface area contributed by atoms with Crippen LogP contribution in [0.15, 0.2) is 48.5 Å². The average Bonchev–Trinajstić information content (AvgIpc) is 2.61. The van der Waals surface area contributed by atoms with Gasteiger partial charge in [0, 0.05) is 37.1 Å². The highest BCUT2D eigenvalue weighted by Gasteiger charge is 2.05. The molecular weight excluding hydrogens is 332 g/mol. The van der Waals surface area contributed by atoms with Crippen molar-refractivity contribution in [3.63, 3.8) is 0 Å². The normalized spacial score (nSPS) is 10.3. The molecule has 2 aromatic rings. The molecular formula is C20H24N2O2S. The van der Waals surface area contributed by atoms with E-state index in [-0.39, 0.29) is 11.8 Å². The molecule has 0 spiro atoms. The third-order valence-electron chi connectivity index (χ3n) is 3.68. The second-order valence-electron chi connectivity index (χ2n) is 5.90. The number of thioether (sulfide) groups is 1. The first kappa shape index (κ1) is 19.1. The van der Waals surface area contributed by atoms with Gasteiger partial charge in [0.1, 0.15) is 0 Å². The number of carbonyl (C=O) groups is 2. The maximum atomic E-state index is 12.1. The molecule has 132 valence electrons. The summed E-state index contributed by atoms with van der Waals surface area (Å²) >= 11 is 1.81. The minimum absolute atomic E-state index is 0.0649. The summed E-state index contributed by atoms with van der Waals surface area (Å²) in [6.07, 6.45) is 0. The zero-order valence-corrected chi connectivity index (χ0v) is 15.5. The minimum Gasteiger partial charge on any atom is -0.352 e. The summed E-state index contributed by atoms with van der Waals surface area (Å²) in [4.78, 5) is 23.0. The van der Waals surface area contributed by atoms with E-state index in [4.69, 9.17) is 0 Å². The molecule has 0 aliphatic rings. The number of nitrogens with one attached hydrogen (secondary N) is 2. The van der Waals surface area contributed by atoms with Gasteiger partial charge in [-0.05, 0) is 30.2 Å². The molecule has 0 aliphatic heterocycles. The molecule has 5 heteroatoms. The SMILES string of the molecule is CC(=O)NCc1ccc(C(=O)NCCSCc2ccc(C)cc2)cc1. The monoisotopic (exact) mass is 356 g/mol. The highest BCUT2D eigenvalue weighted by Crippen LogP contribution is 2.12. The molecule has 0 saturated carbocycles. The largest absolute Gasteiger partial charge is 0.352 e. The van der Waals surface area contributed by atoms with E-state index in [9.17, 15) is 9.59 Å². The van der Waals surface area contributed by atoms with Gasteiger partial charge in [0.2, 0.25) is 5.91 Å². The van der Waals surface area contributed by atoms with Crippen molar-refractivity contribution in [2.24, 2.45) is 0 Å². The molecule has 0 aromatic heterocycles. The summed E-state index contributed by atoms with van der Waals surface area (Å²) in [5.41, 5.74) is 4.18. The van der Waals surface area contributed by atoms with E-state index in [1.54, 1.807) is 23.9 Å². The van der Waals surface area contributed by atoms with E-state index in [0.29, 0.717) is 18.7 Å². The number of rotatable bonds is 8. The van der Waals surface area contributed by atoms with E-state index in [1.165, 1.54) is 18.1 Å². The molecule has 0 bridgehead atoms. The van der Waals surface area contributed by atoms with Crippen molar-refractivity contribution in [2.45, 2.75) is 26.1 Å². The van der Waals surface area contributed by atoms with Gasteiger partial charge in [-0.3, -0.25) is 9.59 Å². The van der Waals surface area contributed by atoms with Crippen LogP contribution in [0.25, 0.3) is 0 Å². The van der Waals surface area contributed by atoms with E-state index in [1.807, 2.05) is 12.1 Å². The fourth-order valence-electron chi connectivity index (χ4n) is 2.21. The maximum Gasteiger partial charge on any atom is 0.251 e. The van der Waals surface area contributed by atoms with Gasteiger partial charge in [0.15, 0.2) is 0 Å². The van der Waals surface area contributed by atoms with Crippen LogP contribution in [0.2, 0.25) is 0 Å². The highest BCUT2D eigenvalue weighted by molar-refractivity contribution is 7.98. The van der Waals surface area contributed by atoms with Crippen molar-refractivity contribution in [1.29, 1.82) is 0 Å². The van der Waals surface area contributed by atoms with Crippen LogP contribution in [-0.4, -0.2) is 24.1 Å². The molecule has 2 rings (SSSR count). The summed E-state index contributed by atoms with van der Waals surface area (Å²) < 4.78 is 0. The van der Waals surface area contributed by atoms with E-state index in [0.717, 1.165) is 17.1 Å². The summed E-state index contributed by atoms with van der Waals surface area (Å²) in [7, 11) is 0. The van der Waals surface area contributed by atoms with E-state index < -0.39 is 0 Å². The zero-order valence-electron chi connectivity index (χ0n) is 14.7. The summed E-state index contributed by atoms with van der Waals surface area (Å²) in [5, 5.41) is 5.67. The molecule has 0 aliphatic carbocycles. The van der Waals surface area contributed by atoms with Crippen LogP contribution in [0, 0.1) is 6.92 Å². The minimum atomic E-state index is -0.0676. The standard InChI is InChI=1S/C20H24N2O2S/c1-15-3-5-18(6-4-15)14-25-12-11-21-20(24)19-9-7-17(8-10-19)13-22-16(2)23/h3-10H,11-14H2,1-2H3,(H,21,24)(H,22,23). The Morgan fingerprint density at radius 3 is 2.20 bits per heavy atom. The Balaban J connectivity index is 1.67. The lowest BCUT2D eigenvalue weighted by atomic mass is 10.1. The average molecular weight is 356 g/mol. The molecule has 0 fully saturated rings. The molecule has 4 nitrogen and oxygen atoms in total. The van der Waals surface area contributed by atoms with Crippen molar-refractivity contribution in [3.8, 4) is 0 Å². The first-order valence-corrected chi connectivity index (χ1v) is 9.45. The second-order valence-corrected chi connectivity index (χ2v) is 7.01. The van der Waals surface area contributed by atoms with Gasteiger partial charge >= 0.3 is 0 Å². The van der Waals surface area contributed by atoms with Crippen molar-refractivity contribution in [2.75, 3.05) is 12.3 Å². The number of amides is 2. The maximum absolute atomic E-state index is 12.1. The Morgan fingerprint density at radius 1 is 0.920 bits per heavy atom. The van der Waals surface area contributed by atoms with Gasteiger partial charge in [-0.15, -0.1) is 0 Å². The zero-order chi connectivity index (χ0) is 18.1. The van der Waals surface area contributed by atoms with Crippen LogP contribution >= 0.6 is 11.8 Å². The Labute approximate surface area is 153 Å². The van der Waals surface area contributed by atoms with Gasteiger partial charge < -0.3 is 10.6 Å². The smallest absolute Gasteiger partial charge is 0.251 e. The van der Waals surface area contributed by atoms with Gasteiger partial charge in [-0.25, -0.2) is 0 Å². The van der Waals surface area contributed by atoms with Crippen LogP contribution in [0.4, 0.5) is 0 Å². The summed E-state index contributed by atoms with van der Waals surface area (Å²) in [6, 6.07) is 15.8. The van der Waals surface area contributed by atoms with Crippen LogP contribution < -0.4 is 10.6 Å². The van der Waals surface area contributed by atoms with Crippen LogP contribution in [0.3, 0.4) is 0 Å². The third kappa shape index (κ3) is 7.01. The Bertz CT molecular complexity index is 697. The first-order chi connectivity index (χ1) is 12.0. The van der Waals surface area contributed by atoms with E-state index in [2.05, 4.69) is 41.8 Å². The molecule has 2 aromatic carbocycles. The van der Waals surface area contributed by atoms with Gasteiger partial charge in [0.25, 0.3) is 5.91 Å². The Kier molecular flexibility index (Phi) is 7.54. The van der Waals surface area contributed by atoms with Crippen molar-refractivity contribution < 1.29 is 9.59 Å². The third-order valence-corrected chi connectivity index (χ3v) is 4.71. The van der Waals surface area contributed by atoms with E-state index >= 15 is 0 Å². The quantitative estimate of drug-likeness (QED) is 0.714. The first-order valence-electron chi connectivity index (χ1n) is 8.29. The van der Waals surface area contributed by atoms with Crippen molar-refractivity contribution >= 4 is 23.6 Å². The van der Waals surface area contributed by atoms with Gasteiger partial charge in [-0.1, -0.05) is 42.0 Å². The predicted molar refractivity (Wildman–Crippen MR) is 104 cm³/mol. The summed E-state index contributed by atoms with van der Waals surface area (Å²) in [5.74, 6) is 1.70. The van der Waals surface area contributed by atoms with Gasteiger partial charge in [-0.2, -0.15) is 11.8 Å². The van der Waals surface area contributed by atoms with Crippen LogP contribution in [-0.2, 0) is 17.1 Å². The number of hydrogen-bond acceptors (Lipinski definition) is 3.